The zero-order valence-electron chi connectivity index (χ0n) is 11.1. The molecule has 0 fully saturated rings. The topological polar surface area (TPSA) is 42.2 Å². The largest absolute Gasteiger partial charge is 0.478 e. The Morgan fingerprint density at radius 3 is 2.67 bits per heavy atom. The molecule has 1 heterocycles. The van der Waals surface area contributed by atoms with Crippen LogP contribution in [0.15, 0.2) is 24.4 Å². The molecule has 0 aliphatic rings. The summed E-state index contributed by atoms with van der Waals surface area (Å²) in [7, 11) is 0. The molecule has 0 atom stereocenters. The molecule has 0 aliphatic heterocycles. The van der Waals surface area contributed by atoms with Crippen LogP contribution in [-0.2, 0) is 6.42 Å². The predicted molar refractivity (Wildman–Crippen MR) is 73.3 cm³/mol. The molecule has 0 unspecified atom stereocenters. The van der Waals surface area contributed by atoms with Crippen molar-refractivity contribution in [3.05, 3.63) is 35.5 Å². The molecule has 1 aromatic carbocycles. The zero-order chi connectivity index (χ0) is 13.3. The minimum absolute atomic E-state index is 0.335. The van der Waals surface area contributed by atoms with Crippen LogP contribution >= 0.6 is 0 Å². The molecule has 0 aliphatic carbocycles. The van der Waals surface area contributed by atoms with Crippen molar-refractivity contribution >= 4 is 16.9 Å². The van der Waals surface area contributed by atoms with Crippen LogP contribution in [0.3, 0.4) is 0 Å². The van der Waals surface area contributed by atoms with Gasteiger partial charge in [-0.05, 0) is 38.0 Å². The van der Waals surface area contributed by atoms with Gasteiger partial charge in [-0.25, -0.2) is 4.79 Å². The third kappa shape index (κ3) is 2.13. The van der Waals surface area contributed by atoms with Gasteiger partial charge < -0.3 is 9.67 Å². The zero-order valence-corrected chi connectivity index (χ0v) is 11.1. The lowest BCUT2D eigenvalue weighted by atomic mass is 10.1. The average molecular weight is 245 g/mol. The van der Waals surface area contributed by atoms with Crippen LogP contribution in [0, 0.1) is 0 Å². The number of aromatic carboxylic acids is 1. The standard InChI is InChI=1S/C15H19NO2/c1-4-5-12-9-16(10(2)3)14-8-11(15(17)18)6-7-13(12)14/h6-10H,4-5H2,1-3H3,(H,17,18). The van der Waals surface area contributed by atoms with Crippen LogP contribution in [0.5, 0.6) is 0 Å². The van der Waals surface area contributed by atoms with Crippen molar-refractivity contribution in [3.63, 3.8) is 0 Å². The van der Waals surface area contributed by atoms with Gasteiger partial charge in [0, 0.05) is 23.1 Å². The van der Waals surface area contributed by atoms with E-state index in [4.69, 9.17) is 5.11 Å². The fourth-order valence-corrected chi connectivity index (χ4v) is 2.35. The molecule has 1 aromatic heterocycles. The number of hydrogen-bond donors (Lipinski definition) is 1. The highest BCUT2D eigenvalue weighted by molar-refractivity contribution is 5.94. The van der Waals surface area contributed by atoms with E-state index in [1.54, 1.807) is 12.1 Å². The van der Waals surface area contributed by atoms with Gasteiger partial charge in [-0.2, -0.15) is 0 Å². The number of aryl methyl sites for hydroxylation is 1. The van der Waals surface area contributed by atoms with E-state index in [0.717, 1.165) is 18.4 Å². The fraction of sp³-hybridized carbons (Fsp3) is 0.400. The van der Waals surface area contributed by atoms with E-state index in [2.05, 4.69) is 31.5 Å². The van der Waals surface area contributed by atoms with Crippen LogP contribution in [0.2, 0.25) is 0 Å². The minimum Gasteiger partial charge on any atom is -0.478 e. The summed E-state index contributed by atoms with van der Waals surface area (Å²) in [6.07, 6.45) is 4.28. The molecular formula is C15H19NO2. The fourth-order valence-electron chi connectivity index (χ4n) is 2.35. The predicted octanol–water partition coefficient (Wildman–Crippen LogP) is 3.87. The number of rotatable bonds is 4. The van der Waals surface area contributed by atoms with Crippen molar-refractivity contribution in [3.8, 4) is 0 Å². The molecule has 96 valence electrons. The first-order valence-electron chi connectivity index (χ1n) is 6.41. The molecule has 0 amide bonds. The SMILES string of the molecule is CCCc1cn(C(C)C)c2cc(C(=O)O)ccc12. The maximum atomic E-state index is 11.0. The van der Waals surface area contributed by atoms with E-state index in [0.29, 0.717) is 11.6 Å². The van der Waals surface area contributed by atoms with Crippen LogP contribution < -0.4 is 0 Å². The first-order chi connectivity index (χ1) is 8.54. The van der Waals surface area contributed by atoms with Gasteiger partial charge in [0.15, 0.2) is 0 Å². The molecule has 18 heavy (non-hydrogen) atoms. The third-order valence-corrected chi connectivity index (χ3v) is 3.24. The van der Waals surface area contributed by atoms with E-state index in [1.807, 2.05) is 6.07 Å². The molecule has 0 saturated carbocycles. The summed E-state index contributed by atoms with van der Waals surface area (Å²) < 4.78 is 2.16. The van der Waals surface area contributed by atoms with Crippen molar-refractivity contribution in [1.29, 1.82) is 0 Å². The Morgan fingerprint density at radius 2 is 2.11 bits per heavy atom. The Bertz CT molecular complexity index is 581. The van der Waals surface area contributed by atoms with Crippen molar-refractivity contribution in [2.24, 2.45) is 0 Å². The molecule has 1 N–H and O–H groups in total. The highest BCUT2D eigenvalue weighted by Crippen LogP contribution is 2.26. The maximum absolute atomic E-state index is 11.0. The lowest BCUT2D eigenvalue weighted by Crippen LogP contribution is -2.00. The first-order valence-corrected chi connectivity index (χ1v) is 6.41. The highest BCUT2D eigenvalue weighted by atomic mass is 16.4. The smallest absolute Gasteiger partial charge is 0.335 e. The summed E-state index contributed by atoms with van der Waals surface area (Å²) in [6, 6.07) is 5.73. The monoisotopic (exact) mass is 245 g/mol. The maximum Gasteiger partial charge on any atom is 0.335 e. The number of benzene rings is 1. The van der Waals surface area contributed by atoms with Crippen molar-refractivity contribution in [1.82, 2.24) is 4.57 Å². The van der Waals surface area contributed by atoms with Gasteiger partial charge in [-0.3, -0.25) is 0 Å². The first kappa shape index (κ1) is 12.7. The number of carboxylic acid groups (broad SMARTS) is 1. The second-order valence-electron chi connectivity index (χ2n) is 4.94. The van der Waals surface area contributed by atoms with Crippen LogP contribution in [0.1, 0.15) is 49.2 Å². The molecule has 0 radical (unpaired) electrons. The van der Waals surface area contributed by atoms with Gasteiger partial charge in [-0.1, -0.05) is 19.4 Å². The number of carboxylic acids is 1. The number of fused-ring (bicyclic) bond motifs is 1. The van der Waals surface area contributed by atoms with E-state index >= 15 is 0 Å². The van der Waals surface area contributed by atoms with E-state index in [-0.39, 0.29) is 0 Å². The Labute approximate surface area is 107 Å². The summed E-state index contributed by atoms with van der Waals surface area (Å²) in [5, 5.41) is 10.3. The van der Waals surface area contributed by atoms with Gasteiger partial charge in [0.05, 0.1) is 5.56 Å². The molecule has 3 nitrogen and oxygen atoms in total. The summed E-state index contributed by atoms with van der Waals surface area (Å²) in [6.45, 7) is 6.38. The van der Waals surface area contributed by atoms with E-state index in [1.165, 1.54) is 10.9 Å². The number of carbonyl (C=O) groups is 1. The van der Waals surface area contributed by atoms with Gasteiger partial charge in [0.25, 0.3) is 0 Å². The Hall–Kier alpha value is -1.77. The molecular weight excluding hydrogens is 226 g/mol. The van der Waals surface area contributed by atoms with Crippen LogP contribution in [0.25, 0.3) is 10.9 Å². The minimum atomic E-state index is -0.870. The average Bonchev–Trinajstić information content (AvgIpc) is 2.68. The van der Waals surface area contributed by atoms with E-state index < -0.39 is 5.97 Å². The third-order valence-electron chi connectivity index (χ3n) is 3.24. The molecule has 2 aromatic rings. The van der Waals surface area contributed by atoms with Crippen LogP contribution in [-0.4, -0.2) is 15.6 Å². The Balaban J connectivity index is 2.67. The van der Waals surface area contributed by atoms with E-state index in [9.17, 15) is 4.79 Å². The van der Waals surface area contributed by atoms with Crippen molar-refractivity contribution in [2.75, 3.05) is 0 Å². The summed E-state index contributed by atoms with van der Waals surface area (Å²) in [5.74, 6) is -0.870. The van der Waals surface area contributed by atoms with Gasteiger partial charge >= 0.3 is 5.97 Å². The molecule has 0 bridgehead atoms. The second kappa shape index (κ2) is 4.84. The van der Waals surface area contributed by atoms with Crippen LogP contribution in [0.4, 0.5) is 0 Å². The van der Waals surface area contributed by atoms with Crippen molar-refractivity contribution < 1.29 is 9.90 Å². The highest BCUT2D eigenvalue weighted by Gasteiger charge is 2.12. The number of nitrogens with zero attached hydrogens (tertiary/aromatic N) is 1. The Morgan fingerprint density at radius 1 is 1.39 bits per heavy atom. The quantitative estimate of drug-likeness (QED) is 0.888. The van der Waals surface area contributed by atoms with Crippen molar-refractivity contribution in [2.45, 2.75) is 39.7 Å². The second-order valence-corrected chi connectivity index (χ2v) is 4.94. The summed E-state index contributed by atoms with van der Waals surface area (Å²) in [5.41, 5.74) is 2.68. The molecule has 0 saturated heterocycles. The van der Waals surface area contributed by atoms with Gasteiger partial charge in [0.1, 0.15) is 0 Å². The normalized spacial score (nSPS) is 11.3. The summed E-state index contributed by atoms with van der Waals surface area (Å²) >= 11 is 0. The van der Waals surface area contributed by atoms with Gasteiger partial charge in [0.2, 0.25) is 0 Å². The Kier molecular flexibility index (Phi) is 3.41. The number of hydrogen-bond acceptors (Lipinski definition) is 1. The molecule has 3 heteroatoms. The molecule has 2 rings (SSSR count). The molecule has 0 spiro atoms. The lowest BCUT2D eigenvalue weighted by Gasteiger charge is -2.09. The lowest BCUT2D eigenvalue weighted by molar-refractivity contribution is 0.0697. The summed E-state index contributed by atoms with van der Waals surface area (Å²) in [4.78, 5) is 11.0. The number of aromatic nitrogens is 1. The van der Waals surface area contributed by atoms with Gasteiger partial charge in [-0.15, -0.1) is 0 Å².